The van der Waals surface area contributed by atoms with Gasteiger partial charge in [0.25, 0.3) is 0 Å². The molecule has 0 heterocycles. The summed E-state index contributed by atoms with van der Waals surface area (Å²) < 4.78 is 5.04. The van der Waals surface area contributed by atoms with Crippen molar-refractivity contribution in [3.63, 3.8) is 0 Å². The van der Waals surface area contributed by atoms with E-state index in [-0.39, 0.29) is 12.5 Å². The number of carbonyl (C=O) groups is 1. The summed E-state index contributed by atoms with van der Waals surface area (Å²) in [7, 11) is 3.12. The minimum atomic E-state index is -0.0704. The second-order valence-corrected chi connectivity index (χ2v) is 3.42. The first-order valence-corrected chi connectivity index (χ1v) is 5.19. The number of likely N-dealkylation sites (N-methyl/N-ethyl adjacent to an activating group) is 1. The fourth-order valence-corrected chi connectivity index (χ4v) is 1.36. The number of carbonyl (C=O) groups excluding carboxylic acids is 1. The lowest BCUT2D eigenvalue weighted by atomic mass is 10.1. The van der Waals surface area contributed by atoms with Crippen LogP contribution in [0.3, 0.4) is 0 Å². The Hall–Kier alpha value is -2.06. The molecule has 0 bridgehead atoms. The molecule has 1 aromatic rings. The van der Waals surface area contributed by atoms with Gasteiger partial charge >= 0.3 is 0 Å². The van der Waals surface area contributed by atoms with Gasteiger partial charge in [-0.15, -0.1) is 0 Å². The van der Waals surface area contributed by atoms with Gasteiger partial charge in [-0.2, -0.15) is 5.26 Å². The summed E-state index contributed by atoms with van der Waals surface area (Å²) in [5, 5.41) is 14.4. The highest BCUT2D eigenvalue weighted by atomic mass is 16.5. The molecule has 0 saturated heterocycles. The van der Waals surface area contributed by atoms with Crippen LogP contribution < -0.4 is 15.4 Å². The third-order valence-corrected chi connectivity index (χ3v) is 2.28. The van der Waals surface area contributed by atoms with Crippen molar-refractivity contribution in [3.8, 4) is 11.8 Å². The van der Waals surface area contributed by atoms with E-state index in [1.807, 2.05) is 6.07 Å². The molecule has 5 heteroatoms. The number of nitrogens with one attached hydrogen (secondary N) is 2. The zero-order valence-corrected chi connectivity index (χ0v) is 9.91. The highest BCUT2D eigenvalue weighted by molar-refractivity contribution is 5.77. The van der Waals surface area contributed by atoms with Crippen LogP contribution in [0.1, 0.15) is 11.1 Å². The number of nitriles is 1. The molecule has 0 unspecified atom stereocenters. The molecule has 0 radical (unpaired) electrons. The van der Waals surface area contributed by atoms with Crippen molar-refractivity contribution in [1.29, 1.82) is 5.26 Å². The van der Waals surface area contributed by atoms with Crippen LogP contribution in [-0.2, 0) is 11.3 Å². The van der Waals surface area contributed by atoms with Crippen LogP contribution in [0.2, 0.25) is 0 Å². The molecule has 5 nitrogen and oxygen atoms in total. The van der Waals surface area contributed by atoms with Crippen molar-refractivity contribution in [2.75, 3.05) is 20.7 Å². The van der Waals surface area contributed by atoms with Crippen LogP contribution in [0.4, 0.5) is 0 Å². The molecule has 0 fully saturated rings. The Balaban J connectivity index is 2.61. The van der Waals surface area contributed by atoms with Crippen LogP contribution >= 0.6 is 0 Å². The SMILES string of the molecule is CNC(=O)CNCc1ccc(OC)c(C#N)c1. The molecule has 1 rings (SSSR count). The number of hydrogen-bond acceptors (Lipinski definition) is 4. The third kappa shape index (κ3) is 3.78. The van der Waals surface area contributed by atoms with E-state index in [0.29, 0.717) is 17.9 Å². The maximum atomic E-state index is 11.0. The molecule has 1 aromatic carbocycles. The van der Waals surface area contributed by atoms with E-state index in [1.165, 1.54) is 7.11 Å². The molecule has 0 saturated carbocycles. The van der Waals surface area contributed by atoms with E-state index < -0.39 is 0 Å². The molecule has 2 N–H and O–H groups in total. The molecular formula is C12H15N3O2. The lowest BCUT2D eigenvalue weighted by Gasteiger charge is -2.07. The van der Waals surface area contributed by atoms with Crippen LogP contribution in [-0.4, -0.2) is 26.6 Å². The van der Waals surface area contributed by atoms with Crippen molar-refractivity contribution in [2.45, 2.75) is 6.54 Å². The van der Waals surface area contributed by atoms with Gasteiger partial charge in [0, 0.05) is 13.6 Å². The average Bonchev–Trinajstić information content (AvgIpc) is 2.38. The molecule has 1 amide bonds. The summed E-state index contributed by atoms with van der Waals surface area (Å²) in [5.41, 5.74) is 1.43. The first-order valence-electron chi connectivity index (χ1n) is 5.19. The number of benzene rings is 1. The van der Waals surface area contributed by atoms with Gasteiger partial charge in [0.2, 0.25) is 5.91 Å². The maximum Gasteiger partial charge on any atom is 0.233 e. The lowest BCUT2D eigenvalue weighted by molar-refractivity contribution is -0.119. The van der Waals surface area contributed by atoms with Gasteiger partial charge in [0.05, 0.1) is 19.2 Å². The minimum Gasteiger partial charge on any atom is -0.495 e. The summed E-state index contributed by atoms with van der Waals surface area (Å²) in [5.74, 6) is 0.488. The summed E-state index contributed by atoms with van der Waals surface area (Å²) >= 11 is 0. The summed E-state index contributed by atoms with van der Waals surface area (Å²) in [4.78, 5) is 11.0. The van der Waals surface area contributed by atoms with Crippen LogP contribution in [0.15, 0.2) is 18.2 Å². The molecule has 0 atom stereocenters. The van der Waals surface area contributed by atoms with Crippen LogP contribution in [0, 0.1) is 11.3 Å². The zero-order valence-electron chi connectivity index (χ0n) is 9.91. The van der Waals surface area contributed by atoms with Gasteiger partial charge in [-0.1, -0.05) is 6.07 Å². The summed E-state index contributed by atoms with van der Waals surface area (Å²) in [6.07, 6.45) is 0. The largest absolute Gasteiger partial charge is 0.495 e. The Morgan fingerprint density at radius 2 is 2.29 bits per heavy atom. The van der Waals surface area contributed by atoms with Gasteiger partial charge in [-0.3, -0.25) is 4.79 Å². The normalized spacial score (nSPS) is 9.47. The zero-order chi connectivity index (χ0) is 12.7. The molecule has 0 aliphatic carbocycles. The second kappa shape index (κ2) is 6.51. The standard InChI is InChI=1S/C12H15N3O2/c1-14-12(16)8-15-7-9-3-4-11(17-2)10(5-9)6-13/h3-5,15H,7-8H2,1-2H3,(H,14,16). The molecule has 0 aliphatic heterocycles. The number of ether oxygens (including phenoxy) is 1. The van der Waals surface area contributed by atoms with Gasteiger partial charge in [-0.05, 0) is 17.7 Å². The van der Waals surface area contributed by atoms with Crippen molar-refractivity contribution in [3.05, 3.63) is 29.3 Å². The van der Waals surface area contributed by atoms with Crippen molar-refractivity contribution in [1.82, 2.24) is 10.6 Å². The Morgan fingerprint density at radius 1 is 1.53 bits per heavy atom. The predicted octanol–water partition coefficient (Wildman–Crippen LogP) is 0.402. The Morgan fingerprint density at radius 3 is 2.88 bits per heavy atom. The van der Waals surface area contributed by atoms with E-state index in [4.69, 9.17) is 10.00 Å². The van der Waals surface area contributed by atoms with E-state index in [1.54, 1.807) is 19.2 Å². The number of rotatable bonds is 5. The minimum absolute atomic E-state index is 0.0704. The van der Waals surface area contributed by atoms with Gasteiger partial charge in [0.15, 0.2) is 0 Å². The van der Waals surface area contributed by atoms with Crippen molar-refractivity contribution >= 4 is 5.91 Å². The van der Waals surface area contributed by atoms with E-state index in [0.717, 1.165) is 5.56 Å². The number of nitrogens with zero attached hydrogens (tertiary/aromatic N) is 1. The van der Waals surface area contributed by atoms with Gasteiger partial charge in [-0.25, -0.2) is 0 Å². The number of hydrogen-bond donors (Lipinski definition) is 2. The van der Waals surface area contributed by atoms with Crippen LogP contribution in [0.5, 0.6) is 5.75 Å². The Kier molecular flexibility index (Phi) is 4.98. The molecule has 0 spiro atoms. The smallest absolute Gasteiger partial charge is 0.233 e. The highest BCUT2D eigenvalue weighted by Crippen LogP contribution is 2.18. The Bertz CT molecular complexity index is 438. The molecule has 90 valence electrons. The molecule has 0 aliphatic rings. The Labute approximate surface area is 100 Å². The van der Waals surface area contributed by atoms with Crippen molar-refractivity contribution < 1.29 is 9.53 Å². The molecule has 0 aromatic heterocycles. The average molecular weight is 233 g/mol. The fourth-order valence-electron chi connectivity index (χ4n) is 1.36. The van der Waals surface area contributed by atoms with E-state index >= 15 is 0 Å². The predicted molar refractivity (Wildman–Crippen MR) is 63.5 cm³/mol. The summed E-state index contributed by atoms with van der Waals surface area (Å²) in [6.45, 7) is 0.788. The third-order valence-electron chi connectivity index (χ3n) is 2.28. The molecule has 17 heavy (non-hydrogen) atoms. The van der Waals surface area contributed by atoms with Crippen LogP contribution in [0.25, 0.3) is 0 Å². The topological polar surface area (TPSA) is 74.2 Å². The first-order chi connectivity index (χ1) is 8.21. The number of methoxy groups -OCH3 is 1. The maximum absolute atomic E-state index is 11.0. The first kappa shape index (κ1) is 13.0. The number of amides is 1. The van der Waals surface area contributed by atoms with E-state index in [2.05, 4.69) is 16.7 Å². The quantitative estimate of drug-likeness (QED) is 0.772. The summed E-state index contributed by atoms with van der Waals surface area (Å²) in [6, 6.07) is 7.41. The monoisotopic (exact) mass is 233 g/mol. The second-order valence-electron chi connectivity index (χ2n) is 3.42. The van der Waals surface area contributed by atoms with Crippen molar-refractivity contribution in [2.24, 2.45) is 0 Å². The highest BCUT2D eigenvalue weighted by Gasteiger charge is 2.04. The molecular weight excluding hydrogens is 218 g/mol. The lowest BCUT2D eigenvalue weighted by Crippen LogP contribution is -2.30. The van der Waals surface area contributed by atoms with Gasteiger partial charge in [0.1, 0.15) is 11.8 Å². The van der Waals surface area contributed by atoms with E-state index in [9.17, 15) is 4.79 Å². The van der Waals surface area contributed by atoms with Gasteiger partial charge < -0.3 is 15.4 Å². The fraction of sp³-hybridized carbons (Fsp3) is 0.333.